The molecule has 4 nitrogen and oxygen atoms in total. The second-order valence-electron chi connectivity index (χ2n) is 5.09. The lowest BCUT2D eigenvalue weighted by Gasteiger charge is -2.10. The van der Waals surface area contributed by atoms with Gasteiger partial charge in [0.25, 0.3) is 5.91 Å². The van der Waals surface area contributed by atoms with Crippen LogP contribution in [-0.4, -0.2) is 17.9 Å². The molecule has 0 saturated heterocycles. The van der Waals surface area contributed by atoms with Crippen LogP contribution in [0.1, 0.15) is 27.9 Å². The maximum Gasteiger partial charge on any atom is 0.259 e. The minimum atomic E-state index is -0.161. The zero-order valence-corrected chi connectivity index (χ0v) is 13.3. The van der Waals surface area contributed by atoms with E-state index in [1.165, 1.54) is 17.5 Å². The summed E-state index contributed by atoms with van der Waals surface area (Å²) in [6.07, 6.45) is 5.10. The summed E-state index contributed by atoms with van der Waals surface area (Å²) >= 11 is 3.35. The van der Waals surface area contributed by atoms with E-state index in [1.54, 1.807) is 19.3 Å². The fourth-order valence-corrected chi connectivity index (χ4v) is 2.99. The molecule has 21 heavy (non-hydrogen) atoms. The molecule has 0 saturated carbocycles. The van der Waals surface area contributed by atoms with Gasteiger partial charge in [-0.25, -0.2) is 4.98 Å². The number of aryl methyl sites for hydroxylation is 2. The van der Waals surface area contributed by atoms with E-state index in [2.05, 4.69) is 43.7 Å². The number of carbonyl (C=O) groups is 1. The maximum atomic E-state index is 12.4. The van der Waals surface area contributed by atoms with E-state index in [4.69, 9.17) is 0 Å². The second-order valence-corrected chi connectivity index (χ2v) is 6.01. The lowest BCUT2D eigenvalue weighted by Crippen LogP contribution is -2.15. The first-order valence-electron chi connectivity index (χ1n) is 6.94. The van der Waals surface area contributed by atoms with Crippen molar-refractivity contribution >= 4 is 33.3 Å². The molecule has 1 aromatic heterocycles. The van der Waals surface area contributed by atoms with Crippen molar-refractivity contribution in [3.63, 3.8) is 0 Å². The third kappa shape index (κ3) is 2.93. The molecule has 2 N–H and O–H groups in total. The third-order valence-corrected chi connectivity index (χ3v) is 4.13. The Balaban J connectivity index is 1.85. The highest BCUT2D eigenvalue weighted by Gasteiger charge is 2.15. The van der Waals surface area contributed by atoms with E-state index in [9.17, 15) is 4.79 Å². The quantitative estimate of drug-likeness (QED) is 0.892. The van der Waals surface area contributed by atoms with E-state index in [1.807, 2.05) is 6.07 Å². The topological polar surface area (TPSA) is 54.0 Å². The summed E-state index contributed by atoms with van der Waals surface area (Å²) in [6.45, 7) is 0. The van der Waals surface area contributed by atoms with Crippen molar-refractivity contribution in [3.8, 4) is 0 Å². The van der Waals surface area contributed by atoms with Gasteiger partial charge in [-0.1, -0.05) is 6.07 Å². The standard InChI is InChI=1S/C16H16BrN3O/c1-18-15-14(8-12(17)9-19-15)16(21)20-13-6-5-10-3-2-4-11(10)7-13/h5-9H,2-4H2,1H3,(H,18,19)(H,20,21). The first-order valence-corrected chi connectivity index (χ1v) is 7.73. The fraction of sp³-hybridized carbons (Fsp3) is 0.250. The molecule has 1 heterocycles. The van der Waals surface area contributed by atoms with Crippen LogP contribution in [0.15, 0.2) is 34.9 Å². The molecule has 2 aromatic rings. The second kappa shape index (κ2) is 5.85. The van der Waals surface area contributed by atoms with Gasteiger partial charge in [0.1, 0.15) is 5.82 Å². The van der Waals surface area contributed by atoms with Crippen molar-refractivity contribution in [2.45, 2.75) is 19.3 Å². The average molecular weight is 346 g/mol. The number of amides is 1. The van der Waals surface area contributed by atoms with Crippen LogP contribution in [-0.2, 0) is 12.8 Å². The summed E-state index contributed by atoms with van der Waals surface area (Å²) in [5.74, 6) is 0.406. The van der Waals surface area contributed by atoms with Crippen LogP contribution in [0.5, 0.6) is 0 Å². The highest BCUT2D eigenvalue weighted by Crippen LogP contribution is 2.26. The van der Waals surface area contributed by atoms with Gasteiger partial charge in [-0.2, -0.15) is 0 Å². The van der Waals surface area contributed by atoms with Gasteiger partial charge < -0.3 is 10.6 Å². The van der Waals surface area contributed by atoms with Gasteiger partial charge in [0, 0.05) is 23.4 Å². The molecule has 108 valence electrons. The summed E-state index contributed by atoms with van der Waals surface area (Å²) in [7, 11) is 1.75. The Bertz CT molecular complexity index is 700. The molecule has 0 unspecified atom stereocenters. The van der Waals surface area contributed by atoms with Crippen molar-refractivity contribution in [2.75, 3.05) is 17.7 Å². The Kier molecular flexibility index (Phi) is 3.92. The molecule has 3 rings (SSSR count). The minimum absolute atomic E-state index is 0.161. The molecular formula is C16H16BrN3O. The highest BCUT2D eigenvalue weighted by atomic mass is 79.9. The number of nitrogens with one attached hydrogen (secondary N) is 2. The molecule has 0 aliphatic heterocycles. The van der Waals surface area contributed by atoms with Gasteiger partial charge in [0.15, 0.2) is 0 Å². The summed E-state index contributed by atoms with van der Waals surface area (Å²) in [5.41, 5.74) is 4.09. The number of fused-ring (bicyclic) bond motifs is 1. The summed E-state index contributed by atoms with van der Waals surface area (Å²) in [5, 5.41) is 5.89. The smallest absolute Gasteiger partial charge is 0.259 e. The molecule has 0 spiro atoms. The predicted octanol–water partition coefficient (Wildman–Crippen LogP) is 3.63. The predicted molar refractivity (Wildman–Crippen MR) is 87.9 cm³/mol. The highest BCUT2D eigenvalue weighted by molar-refractivity contribution is 9.10. The van der Waals surface area contributed by atoms with Crippen LogP contribution in [0, 0.1) is 0 Å². The minimum Gasteiger partial charge on any atom is -0.372 e. The third-order valence-electron chi connectivity index (χ3n) is 3.69. The molecule has 1 amide bonds. The van der Waals surface area contributed by atoms with Crippen molar-refractivity contribution in [1.29, 1.82) is 0 Å². The largest absolute Gasteiger partial charge is 0.372 e. The van der Waals surface area contributed by atoms with Crippen molar-refractivity contribution in [3.05, 3.63) is 51.6 Å². The van der Waals surface area contributed by atoms with Gasteiger partial charge in [0.05, 0.1) is 5.56 Å². The van der Waals surface area contributed by atoms with E-state index >= 15 is 0 Å². The number of halogens is 1. The summed E-state index contributed by atoms with van der Waals surface area (Å²) in [4.78, 5) is 16.6. The van der Waals surface area contributed by atoms with Crippen LogP contribution in [0.3, 0.4) is 0 Å². The van der Waals surface area contributed by atoms with Crippen LogP contribution in [0.25, 0.3) is 0 Å². The first kappa shape index (κ1) is 14.1. The zero-order valence-electron chi connectivity index (χ0n) is 11.7. The molecule has 0 atom stereocenters. The maximum absolute atomic E-state index is 12.4. The van der Waals surface area contributed by atoms with Gasteiger partial charge in [-0.15, -0.1) is 0 Å². The number of carbonyl (C=O) groups excluding carboxylic acids is 1. The fourth-order valence-electron chi connectivity index (χ4n) is 2.66. The molecule has 0 fully saturated rings. The van der Waals surface area contributed by atoms with E-state index in [-0.39, 0.29) is 5.91 Å². The molecule has 1 aliphatic rings. The molecule has 1 aliphatic carbocycles. The number of hydrogen-bond donors (Lipinski definition) is 2. The van der Waals surface area contributed by atoms with E-state index in [0.29, 0.717) is 11.4 Å². The molecule has 0 bridgehead atoms. The monoisotopic (exact) mass is 345 g/mol. The Hall–Kier alpha value is -1.88. The number of benzene rings is 1. The van der Waals surface area contributed by atoms with Crippen molar-refractivity contribution in [2.24, 2.45) is 0 Å². The van der Waals surface area contributed by atoms with Gasteiger partial charge in [0.2, 0.25) is 0 Å². The van der Waals surface area contributed by atoms with Gasteiger partial charge >= 0.3 is 0 Å². The van der Waals surface area contributed by atoms with E-state index < -0.39 is 0 Å². The Morgan fingerprint density at radius 2 is 2.05 bits per heavy atom. The Labute approximate surface area is 132 Å². The normalized spacial score (nSPS) is 12.9. The van der Waals surface area contributed by atoms with Crippen molar-refractivity contribution < 1.29 is 4.79 Å². The van der Waals surface area contributed by atoms with Crippen LogP contribution in [0.4, 0.5) is 11.5 Å². The summed E-state index contributed by atoms with van der Waals surface area (Å²) < 4.78 is 0.778. The Morgan fingerprint density at radius 3 is 2.86 bits per heavy atom. The van der Waals surface area contributed by atoms with E-state index in [0.717, 1.165) is 23.0 Å². The molecular weight excluding hydrogens is 330 g/mol. The van der Waals surface area contributed by atoms with Crippen molar-refractivity contribution in [1.82, 2.24) is 4.98 Å². The number of anilines is 2. The zero-order chi connectivity index (χ0) is 14.8. The van der Waals surface area contributed by atoms with Crippen LogP contribution >= 0.6 is 15.9 Å². The Morgan fingerprint density at radius 1 is 1.24 bits per heavy atom. The van der Waals surface area contributed by atoms with Gasteiger partial charge in [-0.3, -0.25) is 4.79 Å². The average Bonchev–Trinajstić information content (AvgIpc) is 2.94. The molecule has 1 aromatic carbocycles. The lowest BCUT2D eigenvalue weighted by molar-refractivity contribution is 0.102. The number of hydrogen-bond acceptors (Lipinski definition) is 3. The number of aromatic nitrogens is 1. The first-order chi connectivity index (χ1) is 10.2. The lowest BCUT2D eigenvalue weighted by atomic mass is 10.1. The molecule has 0 radical (unpaired) electrons. The van der Waals surface area contributed by atoms with Crippen LogP contribution in [0.2, 0.25) is 0 Å². The number of nitrogens with zero attached hydrogens (tertiary/aromatic N) is 1. The SMILES string of the molecule is CNc1ncc(Br)cc1C(=O)Nc1ccc2c(c1)CCC2. The van der Waals surface area contributed by atoms with Gasteiger partial charge in [-0.05, 0) is 64.5 Å². The van der Waals surface area contributed by atoms with Crippen LogP contribution < -0.4 is 10.6 Å². The summed E-state index contributed by atoms with van der Waals surface area (Å²) in [6, 6.07) is 7.91. The number of rotatable bonds is 3. The molecule has 5 heteroatoms. The number of pyridine rings is 1.